The Morgan fingerprint density at radius 2 is 1.86 bits per heavy atom. The number of hydrogen-bond acceptors (Lipinski definition) is 5. The quantitative estimate of drug-likeness (QED) is 0.506. The molecule has 0 fully saturated rings. The molecule has 0 aliphatic heterocycles. The lowest BCUT2D eigenvalue weighted by atomic mass is 10.1. The Bertz CT molecular complexity index is 1070. The monoisotopic (exact) mass is 404 g/mol. The average Bonchev–Trinajstić information content (AvgIpc) is 3.45. The van der Waals surface area contributed by atoms with Crippen molar-refractivity contribution in [1.29, 1.82) is 0 Å². The van der Waals surface area contributed by atoms with Crippen LogP contribution in [0.3, 0.4) is 0 Å². The fourth-order valence-corrected chi connectivity index (χ4v) is 3.67. The van der Waals surface area contributed by atoms with Gasteiger partial charge in [-0.3, -0.25) is 9.48 Å². The summed E-state index contributed by atoms with van der Waals surface area (Å²) < 4.78 is 7.04. The van der Waals surface area contributed by atoms with Gasteiger partial charge in [-0.15, -0.1) is 11.3 Å². The third-order valence-corrected chi connectivity index (χ3v) is 5.34. The number of nitrogens with zero attached hydrogens (tertiary/aromatic N) is 3. The lowest BCUT2D eigenvalue weighted by molar-refractivity contribution is 0.0946. The fourth-order valence-electron chi connectivity index (χ4n) is 2.86. The third kappa shape index (κ3) is 4.70. The predicted molar refractivity (Wildman–Crippen MR) is 113 cm³/mol. The number of methoxy groups -OCH3 is 1. The molecule has 2 aromatic heterocycles. The lowest BCUT2D eigenvalue weighted by Crippen LogP contribution is -2.23. The van der Waals surface area contributed by atoms with Crippen molar-refractivity contribution in [3.8, 4) is 16.3 Å². The van der Waals surface area contributed by atoms with Gasteiger partial charge in [0.15, 0.2) is 0 Å². The molecule has 29 heavy (non-hydrogen) atoms. The molecule has 7 heteroatoms. The largest absolute Gasteiger partial charge is 0.497 e. The fraction of sp³-hybridized carbons (Fsp3) is 0.136. The number of carbonyl (C=O) groups is 1. The molecule has 0 saturated heterocycles. The number of thiazole rings is 1. The molecule has 2 heterocycles. The Morgan fingerprint density at radius 1 is 1.10 bits per heavy atom. The van der Waals surface area contributed by atoms with E-state index in [-0.39, 0.29) is 5.91 Å². The second-order valence-corrected chi connectivity index (χ2v) is 7.33. The minimum absolute atomic E-state index is 0.179. The van der Waals surface area contributed by atoms with Crippen molar-refractivity contribution < 1.29 is 9.53 Å². The zero-order valence-electron chi connectivity index (χ0n) is 15.9. The summed E-state index contributed by atoms with van der Waals surface area (Å²) >= 11 is 1.45. The zero-order chi connectivity index (χ0) is 20.1. The van der Waals surface area contributed by atoms with E-state index < -0.39 is 0 Å². The van der Waals surface area contributed by atoms with Crippen LogP contribution in [-0.4, -0.2) is 27.8 Å². The molecule has 0 bridgehead atoms. The highest BCUT2D eigenvalue weighted by Gasteiger charge is 2.12. The normalized spacial score (nSPS) is 10.7. The van der Waals surface area contributed by atoms with E-state index in [9.17, 15) is 4.79 Å². The van der Waals surface area contributed by atoms with Crippen LogP contribution in [0, 0.1) is 0 Å². The first-order valence-corrected chi connectivity index (χ1v) is 10.0. The Morgan fingerprint density at radius 3 is 2.55 bits per heavy atom. The first-order valence-electron chi connectivity index (χ1n) is 9.14. The molecule has 146 valence electrons. The maximum absolute atomic E-state index is 12.4. The highest BCUT2D eigenvalue weighted by molar-refractivity contribution is 7.13. The molecule has 0 unspecified atom stereocenters. The highest BCUT2D eigenvalue weighted by Crippen LogP contribution is 2.25. The van der Waals surface area contributed by atoms with Crippen LogP contribution in [0.4, 0.5) is 0 Å². The van der Waals surface area contributed by atoms with Crippen LogP contribution in [0.15, 0.2) is 72.4 Å². The van der Waals surface area contributed by atoms with Gasteiger partial charge in [-0.2, -0.15) is 5.10 Å². The predicted octanol–water partition coefficient (Wildman–Crippen LogP) is 3.99. The minimum Gasteiger partial charge on any atom is -0.497 e. The first-order chi connectivity index (χ1) is 14.2. The van der Waals surface area contributed by atoms with Gasteiger partial charge in [0, 0.05) is 29.9 Å². The molecule has 4 aromatic rings. The molecule has 6 nitrogen and oxygen atoms in total. The Balaban J connectivity index is 1.34. The molecule has 2 aromatic carbocycles. The topological polar surface area (TPSA) is 69.0 Å². The Labute approximate surface area is 172 Å². The van der Waals surface area contributed by atoms with Gasteiger partial charge in [-0.1, -0.05) is 24.3 Å². The van der Waals surface area contributed by atoms with E-state index in [4.69, 9.17) is 4.74 Å². The van der Waals surface area contributed by atoms with E-state index in [1.165, 1.54) is 11.3 Å². The van der Waals surface area contributed by atoms with Gasteiger partial charge >= 0.3 is 0 Å². The molecule has 1 N–H and O–H groups in total. The number of hydrogen-bond donors (Lipinski definition) is 1. The smallest absolute Gasteiger partial charge is 0.271 e. The van der Waals surface area contributed by atoms with Crippen molar-refractivity contribution in [3.05, 3.63) is 89.2 Å². The summed E-state index contributed by atoms with van der Waals surface area (Å²) in [5, 5.41) is 9.72. The number of nitrogens with one attached hydrogen (secondary N) is 1. The van der Waals surface area contributed by atoms with Crippen LogP contribution < -0.4 is 10.1 Å². The second kappa shape index (κ2) is 8.70. The number of carbonyl (C=O) groups excluding carboxylic acids is 1. The summed E-state index contributed by atoms with van der Waals surface area (Å²) in [6.07, 6.45) is 3.70. The highest BCUT2D eigenvalue weighted by atomic mass is 32.1. The van der Waals surface area contributed by atoms with E-state index in [1.54, 1.807) is 18.7 Å². The molecular weight excluding hydrogens is 384 g/mol. The molecule has 0 atom stereocenters. The van der Waals surface area contributed by atoms with Crippen LogP contribution in [0.2, 0.25) is 0 Å². The first kappa shape index (κ1) is 18.9. The molecule has 1 amide bonds. The van der Waals surface area contributed by atoms with Crippen LogP contribution in [0.1, 0.15) is 21.6 Å². The van der Waals surface area contributed by atoms with Crippen molar-refractivity contribution in [2.75, 3.05) is 7.11 Å². The molecule has 0 radical (unpaired) electrons. The van der Waals surface area contributed by atoms with Gasteiger partial charge in [0.2, 0.25) is 0 Å². The Hall–Kier alpha value is -3.45. The zero-order valence-corrected chi connectivity index (χ0v) is 16.7. The maximum atomic E-state index is 12.4. The average molecular weight is 404 g/mol. The number of benzene rings is 2. The summed E-state index contributed by atoms with van der Waals surface area (Å²) in [5.41, 5.74) is 3.58. The third-order valence-electron chi connectivity index (χ3n) is 4.45. The standard InChI is InChI=1S/C22H20N4O2S/c1-28-19-9-7-18(8-10-19)22-25-20(15-29-22)21(27)23-13-16-3-5-17(6-4-16)14-26-12-2-11-24-26/h2-12,15H,13-14H2,1H3,(H,23,27). The van der Waals surface area contributed by atoms with Gasteiger partial charge in [0.05, 0.1) is 13.7 Å². The number of aromatic nitrogens is 3. The van der Waals surface area contributed by atoms with Crippen molar-refractivity contribution in [3.63, 3.8) is 0 Å². The molecule has 0 saturated carbocycles. The van der Waals surface area contributed by atoms with Crippen molar-refractivity contribution in [2.45, 2.75) is 13.1 Å². The van der Waals surface area contributed by atoms with Crippen LogP contribution in [-0.2, 0) is 13.1 Å². The van der Waals surface area contributed by atoms with E-state index in [0.29, 0.717) is 12.2 Å². The summed E-state index contributed by atoms with van der Waals surface area (Å²) in [5.74, 6) is 0.612. The van der Waals surface area contributed by atoms with Crippen LogP contribution >= 0.6 is 11.3 Å². The van der Waals surface area contributed by atoms with Crippen molar-refractivity contribution in [2.24, 2.45) is 0 Å². The van der Waals surface area contributed by atoms with Crippen molar-refractivity contribution >= 4 is 17.2 Å². The van der Waals surface area contributed by atoms with E-state index in [2.05, 4.69) is 15.4 Å². The summed E-state index contributed by atoms with van der Waals surface area (Å²) in [4.78, 5) is 16.9. The molecule has 0 aliphatic carbocycles. The minimum atomic E-state index is -0.179. The van der Waals surface area contributed by atoms with E-state index in [0.717, 1.165) is 34.0 Å². The number of amides is 1. The van der Waals surface area contributed by atoms with Gasteiger partial charge in [-0.05, 0) is 41.5 Å². The second-order valence-electron chi connectivity index (χ2n) is 6.47. The van der Waals surface area contributed by atoms with Crippen molar-refractivity contribution in [1.82, 2.24) is 20.1 Å². The van der Waals surface area contributed by atoms with Gasteiger partial charge < -0.3 is 10.1 Å². The molecular formula is C22H20N4O2S. The molecule has 0 spiro atoms. The van der Waals surface area contributed by atoms with E-state index >= 15 is 0 Å². The molecule has 0 aliphatic rings. The number of ether oxygens (including phenoxy) is 1. The van der Waals surface area contributed by atoms with Gasteiger partial charge in [0.25, 0.3) is 5.91 Å². The summed E-state index contributed by atoms with van der Waals surface area (Å²) in [7, 11) is 1.63. The van der Waals surface area contributed by atoms with Gasteiger partial charge in [0.1, 0.15) is 16.5 Å². The van der Waals surface area contributed by atoms with Crippen LogP contribution in [0.5, 0.6) is 5.75 Å². The maximum Gasteiger partial charge on any atom is 0.271 e. The van der Waals surface area contributed by atoms with Crippen LogP contribution in [0.25, 0.3) is 10.6 Å². The SMILES string of the molecule is COc1ccc(-c2nc(C(=O)NCc3ccc(Cn4cccn4)cc3)cs2)cc1. The summed E-state index contributed by atoms with van der Waals surface area (Å²) in [6.45, 7) is 1.18. The Kier molecular flexibility index (Phi) is 5.67. The summed E-state index contributed by atoms with van der Waals surface area (Å²) in [6, 6.07) is 17.7. The number of rotatable bonds is 7. The lowest BCUT2D eigenvalue weighted by Gasteiger charge is -2.06. The molecule has 4 rings (SSSR count). The van der Waals surface area contributed by atoms with Gasteiger partial charge in [-0.25, -0.2) is 4.98 Å². The van der Waals surface area contributed by atoms with E-state index in [1.807, 2.05) is 65.5 Å².